The first-order valence-corrected chi connectivity index (χ1v) is 5.90. The Kier molecular flexibility index (Phi) is 3.66. The maximum absolute atomic E-state index is 5.65. The van der Waals surface area contributed by atoms with Crippen molar-refractivity contribution in [1.29, 1.82) is 0 Å². The van der Waals surface area contributed by atoms with E-state index in [1.54, 1.807) is 0 Å². The van der Waals surface area contributed by atoms with E-state index in [1.807, 2.05) is 30.3 Å². The SMILES string of the molecule is CC(Cc1ccccc1)Nc1ccc(N)cc1. The molecule has 88 valence electrons. The van der Waals surface area contributed by atoms with E-state index in [-0.39, 0.29) is 0 Å². The highest BCUT2D eigenvalue weighted by Crippen LogP contribution is 2.13. The van der Waals surface area contributed by atoms with E-state index >= 15 is 0 Å². The molecule has 1 atom stereocenters. The predicted molar refractivity (Wildman–Crippen MR) is 74.1 cm³/mol. The van der Waals surface area contributed by atoms with Crippen molar-refractivity contribution in [2.75, 3.05) is 11.1 Å². The number of benzene rings is 2. The van der Waals surface area contributed by atoms with Crippen molar-refractivity contribution in [2.24, 2.45) is 0 Å². The molecule has 2 aromatic rings. The highest BCUT2D eigenvalue weighted by Gasteiger charge is 2.02. The molecule has 2 heteroatoms. The molecule has 0 bridgehead atoms. The average molecular weight is 226 g/mol. The van der Waals surface area contributed by atoms with E-state index in [0.717, 1.165) is 17.8 Å². The second kappa shape index (κ2) is 5.39. The molecule has 0 amide bonds. The van der Waals surface area contributed by atoms with Crippen molar-refractivity contribution in [3.05, 3.63) is 60.2 Å². The smallest absolute Gasteiger partial charge is 0.0343 e. The molecule has 2 nitrogen and oxygen atoms in total. The fraction of sp³-hybridized carbons (Fsp3) is 0.200. The van der Waals surface area contributed by atoms with Gasteiger partial charge in [-0.05, 0) is 43.2 Å². The standard InChI is InChI=1S/C15H18N2/c1-12(11-13-5-3-2-4-6-13)17-15-9-7-14(16)8-10-15/h2-10,12,17H,11,16H2,1H3. The Hall–Kier alpha value is -1.96. The molecule has 0 aliphatic carbocycles. The monoisotopic (exact) mass is 226 g/mol. The first-order chi connectivity index (χ1) is 8.24. The Labute approximate surface area is 102 Å². The predicted octanol–water partition coefficient (Wildman–Crippen LogP) is 3.31. The minimum absolute atomic E-state index is 0.404. The molecule has 0 fully saturated rings. The van der Waals surface area contributed by atoms with Crippen molar-refractivity contribution in [2.45, 2.75) is 19.4 Å². The summed E-state index contributed by atoms with van der Waals surface area (Å²) < 4.78 is 0. The van der Waals surface area contributed by atoms with E-state index in [4.69, 9.17) is 5.73 Å². The highest BCUT2D eigenvalue weighted by atomic mass is 14.9. The number of nitrogens with one attached hydrogen (secondary N) is 1. The van der Waals surface area contributed by atoms with E-state index in [1.165, 1.54) is 5.56 Å². The lowest BCUT2D eigenvalue weighted by atomic mass is 10.1. The summed E-state index contributed by atoms with van der Waals surface area (Å²) in [5.41, 5.74) is 8.91. The zero-order valence-electron chi connectivity index (χ0n) is 10.1. The molecule has 0 spiro atoms. The van der Waals surface area contributed by atoms with Gasteiger partial charge in [-0.3, -0.25) is 0 Å². The molecular weight excluding hydrogens is 208 g/mol. The summed E-state index contributed by atoms with van der Waals surface area (Å²) in [5.74, 6) is 0. The van der Waals surface area contributed by atoms with Crippen LogP contribution in [0.5, 0.6) is 0 Å². The van der Waals surface area contributed by atoms with Crippen molar-refractivity contribution in [1.82, 2.24) is 0 Å². The lowest BCUT2D eigenvalue weighted by Gasteiger charge is -2.15. The Morgan fingerprint density at radius 3 is 2.29 bits per heavy atom. The molecule has 0 aliphatic heterocycles. The van der Waals surface area contributed by atoms with Gasteiger partial charge in [-0.15, -0.1) is 0 Å². The van der Waals surface area contributed by atoms with E-state index in [2.05, 4.69) is 36.5 Å². The fourth-order valence-corrected chi connectivity index (χ4v) is 1.88. The Balaban J connectivity index is 1.93. The largest absolute Gasteiger partial charge is 0.399 e. The van der Waals surface area contributed by atoms with E-state index in [0.29, 0.717) is 6.04 Å². The average Bonchev–Trinajstić information content (AvgIpc) is 2.33. The molecule has 0 saturated heterocycles. The summed E-state index contributed by atoms with van der Waals surface area (Å²) in [6.07, 6.45) is 1.02. The molecular formula is C15H18N2. The van der Waals surface area contributed by atoms with Crippen LogP contribution in [-0.2, 0) is 6.42 Å². The van der Waals surface area contributed by atoms with Gasteiger partial charge < -0.3 is 11.1 Å². The summed E-state index contributed by atoms with van der Waals surface area (Å²) in [5, 5.41) is 3.46. The Morgan fingerprint density at radius 2 is 1.65 bits per heavy atom. The van der Waals surface area contributed by atoms with Gasteiger partial charge in [0.1, 0.15) is 0 Å². The highest BCUT2D eigenvalue weighted by molar-refractivity contribution is 5.51. The molecule has 1 unspecified atom stereocenters. The second-order valence-electron chi connectivity index (χ2n) is 4.36. The minimum atomic E-state index is 0.404. The summed E-state index contributed by atoms with van der Waals surface area (Å²) in [6.45, 7) is 2.18. The third-order valence-electron chi connectivity index (χ3n) is 2.71. The Morgan fingerprint density at radius 1 is 1.00 bits per heavy atom. The quantitative estimate of drug-likeness (QED) is 0.785. The number of hydrogen-bond donors (Lipinski definition) is 2. The normalized spacial score (nSPS) is 12.1. The van der Waals surface area contributed by atoms with E-state index in [9.17, 15) is 0 Å². The van der Waals surface area contributed by atoms with Crippen molar-refractivity contribution < 1.29 is 0 Å². The fourth-order valence-electron chi connectivity index (χ4n) is 1.88. The van der Waals surface area contributed by atoms with Crippen LogP contribution in [0.2, 0.25) is 0 Å². The van der Waals surface area contributed by atoms with Crippen LogP contribution in [0.25, 0.3) is 0 Å². The number of hydrogen-bond acceptors (Lipinski definition) is 2. The molecule has 0 aromatic heterocycles. The van der Waals surface area contributed by atoms with Crippen molar-refractivity contribution in [3.63, 3.8) is 0 Å². The third kappa shape index (κ3) is 3.52. The molecule has 0 heterocycles. The maximum atomic E-state index is 5.65. The van der Waals surface area contributed by atoms with Crippen LogP contribution in [0.4, 0.5) is 11.4 Å². The minimum Gasteiger partial charge on any atom is -0.399 e. The van der Waals surface area contributed by atoms with Crippen molar-refractivity contribution >= 4 is 11.4 Å². The maximum Gasteiger partial charge on any atom is 0.0343 e. The molecule has 0 radical (unpaired) electrons. The van der Waals surface area contributed by atoms with Gasteiger partial charge in [-0.2, -0.15) is 0 Å². The first-order valence-electron chi connectivity index (χ1n) is 5.90. The molecule has 0 saturated carbocycles. The number of anilines is 2. The van der Waals surface area contributed by atoms with Gasteiger partial charge in [-0.25, -0.2) is 0 Å². The second-order valence-corrected chi connectivity index (χ2v) is 4.36. The van der Waals surface area contributed by atoms with Gasteiger partial charge in [-0.1, -0.05) is 30.3 Å². The van der Waals surface area contributed by atoms with Crippen LogP contribution in [0.1, 0.15) is 12.5 Å². The third-order valence-corrected chi connectivity index (χ3v) is 2.71. The summed E-state index contributed by atoms with van der Waals surface area (Å²) in [7, 11) is 0. The zero-order chi connectivity index (χ0) is 12.1. The summed E-state index contributed by atoms with van der Waals surface area (Å²) in [6, 6.07) is 18.8. The lowest BCUT2D eigenvalue weighted by molar-refractivity contribution is 0.790. The first kappa shape index (κ1) is 11.5. The van der Waals surface area contributed by atoms with Gasteiger partial charge in [0, 0.05) is 17.4 Å². The van der Waals surface area contributed by atoms with Gasteiger partial charge in [0.05, 0.1) is 0 Å². The lowest BCUT2D eigenvalue weighted by Crippen LogP contribution is -2.17. The molecule has 17 heavy (non-hydrogen) atoms. The van der Waals surface area contributed by atoms with Crippen LogP contribution in [0, 0.1) is 0 Å². The molecule has 2 rings (SSSR count). The van der Waals surface area contributed by atoms with Gasteiger partial charge >= 0.3 is 0 Å². The number of nitrogen functional groups attached to an aromatic ring is 1. The van der Waals surface area contributed by atoms with Crippen LogP contribution in [0.3, 0.4) is 0 Å². The van der Waals surface area contributed by atoms with Crippen LogP contribution in [-0.4, -0.2) is 6.04 Å². The zero-order valence-corrected chi connectivity index (χ0v) is 10.1. The molecule has 0 aliphatic rings. The topological polar surface area (TPSA) is 38.0 Å². The van der Waals surface area contributed by atoms with Gasteiger partial charge in [0.2, 0.25) is 0 Å². The van der Waals surface area contributed by atoms with Crippen LogP contribution >= 0.6 is 0 Å². The molecule has 2 aromatic carbocycles. The van der Waals surface area contributed by atoms with Gasteiger partial charge in [0.25, 0.3) is 0 Å². The Bertz CT molecular complexity index is 448. The van der Waals surface area contributed by atoms with Gasteiger partial charge in [0.15, 0.2) is 0 Å². The number of rotatable bonds is 4. The number of nitrogens with two attached hydrogens (primary N) is 1. The molecule has 3 N–H and O–H groups in total. The van der Waals surface area contributed by atoms with Crippen LogP contribution < -0.4 is 11.1 Å². The summed E-state index contributed by atoms with van der Waals surface area (Å²) in [4.78, 5) is 0. The summed E-state index contributed by atoms with van der Waals surface area (Å²) >= 11 is 0. The van der Waals surface area contributed by atoms with E-state index < -0.39 is 0 Å². The van der Waals surface area contributed by atoms with Crippen LogP contribution in [0.15, 0.2) is 54.6 Å². The van der Waals surface area contributed by atoms with Crippen molar-refractivity contribution in [3.8, 4) is 0 Å².